The highest BCUT2D eigenvalue weighted by atomic mass is 16.6. The SMILES string of the molecule is CCc1nn(C)c(OC)c1CNc1ccc([N+](=O)[O-])cc1[N+](=O)[O-]. The molecule has 128 valence electrons. The first-order valence-corrected chi connectivity index (χ1v) is 7.14. The van der Waals surface area contributed by atoms with E-state index >= 15 is 0 Å². The average molecular weight is 335 g/mol. The molecule has 1 aromatic heterocycles. The van der Waals surface area contributed by atoms with E-state index in [4.69, 9.17) is 4.74 Å². The summed E-state index contributed by atoms with van der Waals surface area (Å²) in [6.07, 6.45) is 0.677. The number of hydrogen-bond donors (Lipinski definition) is 1. The van der Waals surface area contributed by atoms with Crippen LogP contribution >= 0.6 is 0 Å². The summed E-state index contributed by atoms with van der Waals surface area (Å²) in [5, 5.41) is 29.2. The van der Waals surface area contributed by atoms with Gasteiger partial charge in [0.25, 0.3) is 11.4 Å². The smallest absolute Gasteiger partial charge is 0.299 e. The van der Waals surface area contributed by atoms with E-state index in [0.717, 1.165) is 17.3 Å². The minimum atomic E-state index is -0.671. The standard InChI is InChI=1S/C14H17N5O5/c1-4-11-10(14(24-3)17(2)16-11)8-15-12-6-5-9(18(20)21)7-13(12)19(22)23/h5-7,15H,4,8H2,1-3H3. The second kappa shape index (κ2) is 6.94. The van der Waals surface area contributed by atoms with Gasteiger partial charge in [-0.1, -0.05) is 6.92 Å². The maximum atomic E-state index is 11.2. The number of aryl methyl sites for hydroxylation is 2. The lowest BCUT2D eigenvalue weighted by atomic mass is 10.2. The van der Waals surface area contributed by atoms with Crippen molar-refractivity contribution in [1.82, 2.24) is 9.78 Å². The molecule has 1 aromatic carbocycles. The van der Waals surface area contributed by atoms with Crippen LogP contribution in [0.25, 0.3) is 0 Å². The fraction of sp³-hybridized carbons (Fsp3) is 0.357. The van der Waals surface area contributed by atoms with Crippen LogP contribution in [0.4, 0.5) is 17.1 Å². The van der Waals surface area contributed by atoms with Crippen molar-refractivity contribution in [2.75, 3.05) is 12.4 Å². The van der Waals surface area contributed by atoms with Gasteiger partial charge in [0.05, 0.1) is 34.3 Å². The van der Waals surface area contributed by atoms with E-state index in [1.54, 1.807) is 11.7 Å². The van der Waals surface area contributed by atoms with E-state index in [1.165, 1.54) is 19.2 Å². The lowest BCUT2D eigenvalue weighted by molar-refractivity contribution is -0.393. The van der Waals surface area contributed by atoms with Crippen molar-refractivity contribution >= 4 is 17.1 Å². The highest BCUT2D eigenvalue weighted by Gasteiger charge is 2.21. The van der Waals surface area contributed by atoms with Gasteiger partial charge in [0.1, 0.15) is 5.69 Å². The molecule has 0 saturated heterocycles. The van der Waals surface area contributed by atoms with E-state index in [-0.39, 0.29) is 23.6 Å². The normalized spacial score (nSPS) is 10.5. The van der Waals surface area contributed by atoms with E-state index in [0.29, 0.717) is 12.3 Å². The van der Waals surface area contributed by atoms with Crippen molar-refractivity contribution in [2.24, 2.45) is 7.05 Å². The van der Waals surface area contributed by atoms with E-state index in [2.05, 4.69) is 10.4 Å². The number of aromatic nitrogens is 2. The summed E-state index contributed by atoms with van der Waals surface area (Å²) in [7, 11) is 3.27. The number of nitrogens with zero attached hydrogens (tertiary/aromatic N) is 4. The van der Waals surface area contributed by atoms with Crippen LogP contribution in [-0.4, -0.2) is 26.7 Å². The highest BCUT2D eigenvalue weighted by molar-refractivity contribution is 5.65. The molecule has 0 bridgehead atoms. The molecule has 2 aromatic rings. The predicted molar refractivity (Wildman–Crippen MR) is 86.2 cm³/mol. The number of benzene rings is 1. The van der Waals surface area contributed by atoms with Gasteiger partial charge in [0.15, 0.2) is 0 Å². The largest absolute Gasteiger partial charge is 0.481 e. The fourth-order valence-electron chi connectivity index (χ4n) is 2.44. The van der Waals surface area contributed by atoms with Gasteiger partial charge >= 0.3 is 0 Å². The zero-order chi connectivity index (χ0) is 17.9. The Labute approximate surface area is 137 Å². The minimum Gasteiger partial charge on any atom is -0.481 e. The molecule has 0 saturated carbocycles. The van der Waals surface area contributed by atoms with E-state index < -0.39 is 9.85 Å². The second-order valence-electron chi connectivity index (χ2n) is 4.98. The lowest BCUT2D eigenvalue weighted by Gasteiger charge is -2.09. The molecule has 0 unspecified atom stereocenters. The quantitative estimate of drug-likeness (QED) is 0.608. The first kappa shape index (κ1) is 17.2. The molecule has 24 heavy (non-hydrogen) atoms. The second-order valence-corrected chi connectivity index (χ2v) is 4.98. The van der Waals surface area contributed by atoms with Gasteiger partial charge in [0.2, 0.25) is 5.88 Å². The summed E-state index contributed by atoms with van der Waals surface area (Å²) in [4.78, 5) is 20.6. The zero-order valence-electron chi connectivity index (χ0n) is 13.5. The summed E-state index contributed by atoms with van der Waals surface area (Å²) in [5.41, 5.74) is 1.10. The first-order chi connectivity index (χ1) is 11.4. The Kier molecular flexibility index (Phi) is 4.97. The van der Waals surface area contributed by atoms with E-state index in [1.807, 2.05) is 6.92 Å². The number of rotatable bonds is 7. The van der Waals surface area contributed by atoms with Crippen LogP contribution < -0.4 is 10.1 Å². The highest BCUT2D eigenvalue weighted by Crippen LogP contribution is 2.30. The molecule has 2 rings (SSSR count). The van der Waals surface area contributed by atoms with Crippen LogP contribution in [0.2, 0.25) is 0 Å². The van der Waals surface area contributed by atoms with Crippen LogP contribution in [0.5, 0.6) is 5.88 Å². The number of methoxy groups -OCH3 is 1. The third-order valence-corrected chi connectivity index (χ3v) is 3.54. The maximum absolute atomic E-state index is 11.2. The molecule has 0 atom stereocenters. The number of non-ortho nitro benzene ring substituents is 1. The van der Waals surface area contributed by atoms with Gasteiger partial charge in [-0.3, -0.25) is 20.2 Å². The lowest BCUT2D eigenvalue weighted by Crippen LogP contribution is -2.06. The molecule has 10 heteroatoms. The van der Waals surface area contributed by atoms with Gasteiger partial charge in [-0.2, -0.15) is 5.10 Å². The summed E-state index contributed by atoms with van der Waals surface area (Å²) < 4.78 is 6.91. The molecule has 1 N–H and O–H groups in total. The van der Waals surface area contributed by atoms with Gasteiger partial charge in [-0.15, -0.1) is 0 Å². The third kappa shape index (κ3) is 3.26. The minimum absolute atomic E-state index is 0.193. The maximum Gasteiger partial charge on any atom is 0.299 e. The number of anilines is 1. The summed E-state index contributed by atoms with van der Waals surface area (Å²) in [6.45, 7) is 2.19. The van der Waals surface area contributed by atoms with Crippen molar-refractivity contribution in [3.8, 4) is 5.88 Å². The number of nitro groups is 2. The van der Waals surface area contributed by atoms with Crippen LogP contribution in [0, 0.1) is 20.2 Å². The van der Waals surface area contributed by atoms with Gasteiger partial charge in [0, 0.05) is 19.7 Å². The Morgan fingerprint density at radius 3 is 2.54 bits per heavy atom. The molecule has 0 radical (unpaired) electrons. The van der Waals surface area contributed by atoms with Gasteiger partial charge in [-0.05, 0) is 12.5 Å². The molecule has 0 aliphatic carbocycles. The molecule has 10 nitrogen and oxygen atoms in total. The molecule has 0 amide bonds. The third-order valence-electron chi connectivity index (χ3n) is 3.54. The monoisotopic (exact) mass is 335 g/mol. The zero-order valence-corrected chi connectivity index (χ0v) is 13.5. The molecular weight excluding hydrogens is 318 g/mol. The predicted octanol–water partition coefficient (Wildman–Crippen LogP) is 2.42. The summed E-state index contributed by atoms with van der Waals surface area (Å²) in [5.74, 6) is 0.559. The molecule has 0 aliphatic rings. The van der Waals surface area contributed by atoms with Crippen molar-refractivity contribution < 1.29 is 14.6 Å². The van der Waals surface area contributed by atoms with Crippen molar-refractivity contribution in [1.29, 1.82) is 0 Å². The molecule has 0 fully saturated rings. The Bertz CT molecular complexity index is 786. The number of hydrogen-bond acceptors (Lipinski definition) is 7. The fourth-order valence-corrected chi connectivity index (χ4v) is 2.44. The van der Waals surface area contributed by atoms with Crippen LogP contribution in [0.1, 0.15) is 18.2 Å². The summed E-state index contributed by atoms with van der Waals surface area (Å²) >= 11 is 0. The van der Waals surface area contributed by atoms with Crippen LogP contribution in [-0.2, 0) is 20.0 Å². The Morgan fingerprint density at radius 2 is 2.00 bits per heavy atom. The van der Waals surface area contributed by atoms with Crippen LogP contribution in [0.15, 0.2) is 18.2 Å². The number of ether oxygens (including phenoxy) is 1. The number of nitrogens with one attached hydrogen (secondary N) is 1. The molecule has 0 spiro atoms. The topological polar surface area (TPSA) is 125 Å². The Hall–Kier alpha value is -3.17. The molecular formula is C14H17N5O5. The summed E-state index contributed by atoms with van der Waals surface area (Å²) in [6, 6.07) is 3.48. The van der Waals surface area contributed by atoms with Crippen molar-refractivity contribution in [3.05, 3.63) is 49.7 Å². The Balaban J connectivity index is 2.33. The van der Waals surface area contributed by atoms with Crippen LogP contribution in [0.3, 0.4) is 0 Å². The average Bonchev–Trinajstić information content (AvgIpc) is 2.87. The first-order valence-electron chi connectivity index (χ1n) is 7.14. The number of nitro benzene ring substituents is 2. The molecule has 0 aliphatic heterocycles. The van der Waals surface area contributed by atoms with Crippen molar-refractivity contribution in [3.63, 3.8) is 0 Å². The Morgan fingerprint density at radius 1 is 1.29 bits per heavy atom. The van der Waals surface area contributed by atoms with Gasteiger partial charge in [-0.25, -0.2) is 4.68 Å². The van der Waals surface area contributed by atoms with Gasteiger partial charge < -0.3 is 10.1 Å². The van der Waals surface area contributed by atoms with E-state index in [9.17, 15) is 20.2 Å². The molecule has 1 heterocycles. The van der Waals surface area contributed by atoms with Crippen molar-refractivity contribution in [2.45, 2.75) is 19.9 Å².